The third-order valence-corrected chi connectivity index (χ3v) is 3.20. The molecule has 2 aromatic rings. The van der Waals surface area contributed by atoms with Crippen LogP contribution in [0.25, 0.3) is 0 Å². The first kappa shape index (κ1) is 17.3. The summed E-state index contributed by atoms with van der Waals surface area (Å²) in [4.78, 5) is 22.4. The fourth-order valence-corrected chi connectivity index (χ4v) is 1.99. The van der Waals surface area contributed by atoms with Crippen LogP contribution >= 0.6 is 0 Å². The fraction of sp³-hybridized carbons (Fsp3) is 0.235. The first-order chi connectivity index (χ1) is 11.4. The number of hydrogen-bond acceptors (Lipinski definition) is 6. The minimum absolute atomic E-state index is 0.0311. The Hall–Kier alpha value is -3.09. The van der Waals surface area contributed by atoms with Crippen LogP contribution in [-0.4, -0.2) is 24.1 Å². The maximum absolute atomic E-state index is 12.2. The third kappa shape index (κ3) is 4.22. The lowest BCUT2D eigenvalue weighted by Crippen LogP contribution is -2.28. The van der Waals surface area contributed by atoms with Gasteiger partial charge in [0, 0.05) is 6.07 Å². The van der Waals surface area contributed by atoms with E-state index in [1.165, 1.54) is 26.2 Å². The standard InChI is InChI=1S/C17H17NO6/c1-11-5-4-6-14(9-11)23-12(2)17(19)24-16-10-13(18(20)21)7-8-15(16)22-3/h4-10,12H,1-3H3/t12-/m0/s1. The summed E-state index contributed by atoms with van der Waals surface area (Å²) in [6, 6.07) is 11.0. The molecule has 0 aliphatic heterocycles. The van der Waals surface area contributed by atoms with E-state index in [1.807, 2.05) is 19.1 Å². The van der Waals surface area contributed by atoms with E-state index in [2.05, 4.69) is 0 Å². The van der Waals surface area contributed by atoms with Crippen LogP contribution < -0.4 is 14.2 Å². The normalized spacial score (nSPS) is 11.5. The van der Waals surface area contributed by atoms with E-state index in [0.717, 1.165) is 11.6 Å². The smallest absolute Gasteiger partial charge is 0.352 e. The molecule has 0 heterocycles. The summed E-state index contributed by atoms with van der Waals surface area (Å²) in [7, 11) is 1.38. The molecule has 0 radical (unpaired) electrons. The Morgan fingerprint density at radius 3 is 2.54 bits per heavy atom. The largest absolute Gasteiger partial charge is 0.493 e. The van der Waals surface area contributed by atoms with Crippen molar-refractivity contribution in [3.8, 4) is 17.2 Å². The van der Waals surface area contributed by atoms with Crippen LogP contribution in [0.3, 0.4) is 0 Å². The van der Waals surface area contributed by atoms with Crippen molar-refractivity contribution in [2.45, 2.75) is 20.0 Å². The Balaban J connectivity index is 2.13. The summed E-state index contributed by atoms with van der Waals surface area (Å²) in [6.45, 7) is 3.44. The lowest BCUT2D eigenvalue weighted by Gasteiger charge is -2.15. The van der Waals surface area contributed by atoms with E-state index in [-0.39, 0.29) is 17.2 Å². The topological polar surface area (TPSA) is 87.9 Å². The van der Waals surface area contributed by atoms with Crippen molar-refractivity contribution in [1.29, 1.82) is 0 Å². The molecule has 0 saturated heterocycles. The number of benzene rings is 2. The van der Waals surface area contributed by atoms with Crippen LogP contribution in [0.15, 0.2) is 42.5 Å². The van der Waals surface area contributed by atoms with Gasteiger partial charge in [0.05, 0.1) is 18.1 Å². The second-order valence-corrected chi connectivity index (χ2v) is 5.09. The molecule has 7 heteroatoms. The van der Waals surface area contributed by atoms with E-state index in [0.29, 0.717) is 5.75 Å². The van der Waals surface area contributed by atoms with Crippen LogP contribution in [0.5, 0.6) is 17.2 Å². The highest BCUT2D eigenvalue weighted by atomic mass is 16.6. The number of nitrogens with zero attached hydrogens (tertiary/aromatic N) is 1. The van der Waals surface area contributed by atoms with Gasteiger partial charge in [-0.1, -0.05) is 12.1 Å². The van der Waals surface area contributed by atoms with Crippen molar-refractivity contribution in [2.24, 2.45) is 0 Å². The second-order valence-electron chi connectivity index (χ2n) is 5.09. The molecule has 2 aromatic carbocycles. The maximum atomic E-state index is 12.2. The Morgan fingerprint density at radius 2 is 1.92 bits per heavy atom. The number of esters is 1. The minimum Gasteiger partial charge on any atom is -0.493 e. The Morgan fingerprint density at radius 1 is 1.17 bits per heavy atom. The van der Waals surface area contributed by atoms with Crippen LogP contribution in [0, 0.1) is 17.0 Å². The van der Waals surface area contributed by atoms with Crippen LogP contribution in [-0.2, 0) is 4.79 Å². The number of carbonyl (C=O) groups excluding carboxylic acids is 1. The molecule has 126 valence electrons. The van der Waals surface area contributed by atoms with Crippen molar-refractivity contribution < 1.29 is 23.9 Å². The molecular formula is C17H17NO6. The molecule has 0 fully saturated rings. The van der Waals surface area contributed by atoms with Gasteiger partial charge in [-0.15, -0.1) is 0 Å². The number of methoxy groups -OCH3 is 1. The summed E-state index contributed by atoms with van der Waals surface area (Å²) in [5.74, 6) is 0.0360. The molecule has 1 atom stereocenters. The monoisotopic (exact) mass is 331 g/mol. The number of hydrogen-bond donors (Lipinski definition) is 0. The average Bonchev–Trinajstić information content (AvgIpc) is 2.54. The van der Waals surface area contributed by atoms with Crippen LogP contribution in [0.4, 0.5) is 5.69 Å². The van der Waals surface area contributed by atoms with Crippen molar-refractivity contribution in [1.82, 2.24) is 0 Å². The Bertz CT molecular complexity index is 758. The molecule has 0 unspecified atom stereocenters. The molecule has 0 amide bonds. The lowest BCUT2D eigenvalue weighted by atomic mass is 10.2. The molecule has 24 heavy (non-hydrogen) atoms. The summed E-state index contributed by atoms with van der Waals surface area (Å²) in [5, 5.41) is 10.8. The number of aryl methyl sites for hydroxylation is 1. The number of non-ortho nitro benzene ring substituents is 1. The Labute approximate surface area is 138 Å². The first-order valence-corrected chi connectivity index (χ1v) is 7.18. The van der Waals surface area contributed by atoms with Gasteiger partial charge in [-0.05, 0) is 37.6 Å². The molecule has 0 aliphatic rings. The molecule has 2 rings (SSSR count). The average molecular weight is 331 g/mol. The van der Waals surface area contributed by atoms with Gasteiger partial charge < -0.3 is 14.2 Å². The lowest BCUT2D eigenvalue weighted by molar-refractivity contribution is -0.384. The number of nitro benzene ring substituents is 1. The van der Waals surface area contributed by atoms with Crippen molar-refractivity contribution in [3.05, 3.63) is 58.1 Å². The van der Waals surface area contributed by atoms with E-state index in [9.17, 15) is 14.9 Å². The molecular weight excluding hydrogens is 314 g/mol. The Kier molecular flexibility index (Phi) is 5.36. The molecule has 0 aliphatic carbocycles. The van der Waals surface area contributed by atoms with E-state index < -0.39 is 17.0 Å². The highest BCUT2D eigenvalue weighted by Crippen LogP contribution is 2.31. The quantitative estimate of drug-likeness (QED) is 0.349. The molecule has 0 N–H and O–H groups in total. The van der Waals surface area contributed by atoms with Crippen LogP contribution in [0.2, 0.25) is 0 Å². The van der Waals surface area contributed by atoms with Crippen molar-refractivity contribution >= 4 is 11.7 Å². The first-order valence-electron chi connectivity index (χ1n) is 7.18. The second kappa shape index (κ2) is 7.45. The fourth-order valence-electron chi connectivity index (χ4n) is 1.99. The predicted octanol–water partition coefficient (Wildman–Crippen LogP) is 3.28. The summed E-state index contributed by atoms with van der Waals surface area (Å²) >= 11 is 0. The highest BCUT2D eigenvalue weighted by Gasteiger charge is 2.21. The molecule has 7 nitrogen and oxygen atoms in total. The number of rotatable bonds is 6. The minimum atomic E-state index is -0.893. The van der Waals surface area contributed by atoms with Gasteiger partial charge in [0.2, 0.25) is 0 Å². The summed E-state index contributed by atoms with van der Waals surface area (Å²) in [5.41, 5.74) is 0.791. The predicted molar refractivity (Wildman–Crippen MR) is 86.6 cm³/mol. The summed E-state index contributed by atoms with van der Waals surface area (Å²) < 4.78 is 15.8. The molecule has 0 saturated carbocycles. The number of carbonyl (C=O) groups is 1. The SMILES string of the molecule is COc1ccc([N+](=O)[O-])cc1OC(=O)[C@H](C)Oc1cccc(C)c1. The van der Waals surface area contributed by atoms with Gasteiger partial charge in [-0.25, -0.2) is 4.79 Å². The zero-order valence-electron chi connectivity index (χ0n) is 13.5. The zero-order chi connectivity index (χ0) is 17.7. The van der Waals surface area contributed by atoms with Crippen LogP contribution in [0.1, 0.15) is 12.5 Å². The van der Waals surface area contributed by atoms with E-state index >= 15 is 0 Å². The molecule has 0 bridgehead atoms. The van der Waals surface area contributed by atoms with Gasteiger partial charge in [0.1, 0.15) is 5.75 Å². The van der Waals surface area contributed by atoms with Crippen molar-refractivity contribution in [3.63, 3.8) is 0 Å². The molecule has 0 aromatic heterocycles. The van der Waals surface area contributed by atoms with Gasteiger partial charge in [-0.2, -0.15) is 0 Å². The van der Waals surface area contributed by atoms with Crippen molar-refractivity contribution in [2.75, 3.05) is 7.11 Å². The van der Waals surface area contributed by atoms with E-state index in [4.69, 9.17) is 14.2 Å². The zero-order valence-corrected chi connectivity index (χ0v) is 13.5. The van der Waals surface area contributed by atoms with Gasteiger partial charge >= 0.3 is 5.97 Å². The third-order valence-electron chi connectivity index (χ3n) is 3.20. The maximum Gasteiger partial charge on any atom is 0.352 e. The van der Waals surface area contributed by atoms with Gasteiger partial charge in [0.15, 0.2) is 17.6 Å². The number of ether oxygens (including phenoxy) is 3. The van der Waals surface area contributed by atoms with Gasteiger partial charge in [-0.3, -0.25) is 10.1 Å². The molecule has 0 spiro atoms. The van der Waals surface area contributed by atoms with Gasteiger partial charge in [0.25, 0.3) is 5.69 Å². The summed E-state index contributed by atoms with van der Waals surface area (Å²) in [6.07, 6.45) is -0.893. The van der Waals surface area contributed by atoms with E-state index in [1.54, 1.807) is 12.1 Å². The highest BCUT2D eigenvalue weighted by molar-refractivity contribution is 5.78. The number of nitro groups is 1.